The van der Waals surface area contributed by atoms with Crippen molar-refractivity contribution in [1.82, 2.24) is 14.8 Å². The van der Waals surface area contributed by atoms with Gasteiger partial charge < -0.3 is 4.57 Å². The highest BCUT2D eigenvalue weighted by molar-refractivity contribution is 7.99. The minimum absolute atomic E-state index is 0.0956. The van der Waals surface area contributed by atoms with E-state index in [1.165, 1.54) is 11.8 Å². The van der Waals surface area contributed by atoms with Gasteiger partial charge in [-0.1, -0.05) is 11.8 Å². The van der Waals surface area contributed by atoms with Gasteiger partial charge in [-0.25, -0.2) is 8.42 Å². The van der Waals surface area contributed by atoms with Crippen LogP contribution in [-0.2, 0) is 23.3 Å². The van der Waals surface area contributed by atoms with Crippen LogP contribution in [0.1, 0.15) is 32.4 Å². The molecule has 0 radical (unpaired) electrons. The average molecular weight is 400 g/mol. The van der Waals surface area contributed by atoms with Gasteiger partial charge in [0.1, 0.15) is 5.82 Å². The second kappa shape index (κ2) is 7.20. The zero-order valence-electron chi connectivity index (χ0n) is 14.5. The molecule has 3 rings (SSSR count). The summed E-state index contributed by atoms with van der Waals surface area (Å²) in [4.78, 5) is 14.6. The summed E-state index contributed by atoms with van der Waals surface area (Å²) in [5.41, 5.74) is 0.786. The lowest BCUT2D eigenvalue weighted by molar-refractivity contribution is 0.102. The molecule has 1 fully saturated rings. The number of Topliss-reactive ketones (excluding diaryl/α,β-unsaturated/α-hetero) is 1. The van der Waals surface area contributed by atoms with E-state index in [0.29, 0.717) is 23.8 Å². The predicted molar refractivity (Wildman–Crippen MR) is 100 cm³/mol. The summed E-state index contributed by atoms with van der Waals surface area (Å²) in [5.74, 6) is 1.81. The van der Waals surface area contributed by atoms with Crippen LogP contribution in [0.25, 0.3) is 0 Å². The summed E-state index contributed by atoms with van der Waals surface area (Å²) in [6.07, 6.45) is 1.30. The van der Waals surface area contributed by atoms with Crippen LogP contribution in [0, 0.1) is 19.8 Å². The Labute approximate surface area is 156 Å². The third-order valence-corrected chi connectivity index (χ3v) is 8.22. The number of sulfone groups is 1. The topological polar surface area (TPSA) is 81.9 Å². The molecular weight excluding hydrogens is 378 g/mol. The van der Waals surface area contributed by atoms with Gasteiger partial charge in [-0.3, -0.25) is 4.79 Å². The van der Waals surface area contributed by atoms with Gasteiger partial charge in [-0.15, -0.1) is 21.5 Å². The predicted octanol–water partition coefficient (Wildman–Crippen LogP) is 2.45. The molecule has 136 valence electrons. The van der Waals surface area contributed by atoms with E-state index < -0.39 is 9.84 Å². The number of carbonyl (C=O) groups is 1. The molecule has 0 N–H and O–H groups in total. The Morgan fingerprint density at radius 2 is 2.16 bits per heavy atom. The Morgan fingerprint density at radius 1 is 1.40 bits per heavy atom. The Kier molecular flexibility index (Phi) is 5.36. The van der Waals surface area contributed by atoms with Crippen LogP contribution in [0.3, 0.4) is 0 Å². The van der Waals surface area contributed by atoms with Crippen molar-refractivity contribution < 1.29 is 13.2 Å². The van der Waals surface area contributed by atoms with Crippen molar-refractivity contribution in [2.24, 2.45) is 13.0 Å². The summed E-state index contributed by atoms with van der Waals surface area (Å²) >= 11 is 3.00. The van der Waals surface area contributed by atoms with E-state index in [0.717, 1.165) is 21.1 Å². The zero-order chi connectivity index (χ0) is 18.2. The third-order valence-electron chi connectivity index (χ3n) is 4.40. The molecule has 0 amide bonds. The highest BCUT2D eigenvalue weighted by Crippen LogP contribution is 2.26. The highest BCUT2D eigenvalue weighted by atomic mass is 32.2. The molecular formula is C16H21N3O3S3. The lowest BCUT2D eigenvalue weighted by atomic mass is 10.1. The first-order valence-electron chi connectivity index (χ1n) is 8.07. The van der Waals surface area contributed by atoms with Gasteiger partial charge in [0.05, 0.1) is 17.3 Å². The van der Waals surface area contributed by atoms with Crippen molar-refractivity contribution in [2.75, 3.05) is 17.3 Å². The number of ketones is 1. The fourth-order valence-corrected chi connectivity index (χ4v) is 6.67. The molecule has 3 heterocycles. The molecule has 25 heavy (non-hydrogen) atoms. The van der Waals surface area contributed by atoms with E-state index in [1.54, 1.807) is 11.3 Å². The minimum atomic E-state index is -2.88. The van der Waals surface area contributed by atoms with E-state index in [4.69, 9.17) is 0 Å². The molecule has 0 unspecified atom stereocenters. The molecule has 1 atom stereocenters. The van der Waals surface area contributed by atoms with Crippen LogP contribution in [0.15, 0.2) is 11.2 Å². The van der Waals surface area contributed by atoms with Gasteiger partial charge in [0.25, 0.3) is 0 Å². The van der Waals surface area contributed by atoms with E-state index >= 15 is 0 Å². The Morgan fingerprint density at radius 3 is 2.76 bits per heavy atom. The Bertz CT molecular complexity index is 899. The molecule has 1 saturated heterocycles. The molecule has 0 spiro atoms. The number of thioether (sulfide) groups is 1. The first-order chi connectivity index (χ1) is 11.7. The van der Waals surface area contributed by atoms with Gasteiger partial charge in [0, 0.05) is 28.8 Å². The number of aryl methyl sites for hydroxylation is 2. The molecule has 6 nitrogen and oxygen atoms in total. The number of nitrogens with zero attached hydrogens (tertiary/aromatic N) is 3. The lowest BCUT2D eigenvalue weighted by Crippen LogP contribution is -2.11. The smallest absolute Gasteiger partial charge is 0.191 e. The fraction of sp³-hybridized carbons (Fsp3) is 0.562. The molecule has 2 aromatic heterocycles. The molecule has 1 aliphatic heterocycles. The number of hydrogen-bond acceptors (Lipinski definition) is 7. The maximum atomic E-state index is 12.4. The van der Waals surface area contributed by atoms with Crippen molar-refractivity contribution >= 4 is 38.7 Å². The Balaban J connectivity index is 1.62. The number of thiophene rings is 1. The largest absolute Gasteiger partial charge is 0.309 e. The van der Waals surface area contributed by atoms with E-state index in [-0.39, 0.29) is 23.2 Å². The van der Waals surface area contributed by atoms with Gasteiger partial charge in [-0.2, -0.15) is 0 Å². The van der Waals surface area contributed by atoms with Crippen molar-refractivity contribution in [1.29, 1.82) is 0 Å². The van der Waals surface area contributed by atoms with Gasteiger partial charge in [-0.05, 0) is 32.3 Å². The maximum absolute atomic E-state index is 12.4. The summed E-state index contributed by atoms with van der Waals surface area (Å²) in [6.45, 7) is 3.96. The first-order valence-corrected chi connectivity index (χ1v) is 11.7. The number of carbonyl (C=O) groups excluding carboxylic acids is 1. The Hall–Kier alpha value is -1.19. The van der Waals surface area contributed by atoms with Crippen LogP contribution in [0.5, 0.6) is 0 Å². The summed E-state index contributed by atoms with van der Waals surface area (Å²) < 4.78 is 25.0. The van der Waals surface area contributed by atoms with Crippen molar-refractivity contribution in [3.05, 3.63) is 27.2 Å². The summed E-state index contributed by atoms with van der Waals surface area (Å²) in [6, 6.07) is 1.94. The number of aromatic nitrogens is 3. The van der Waals surface area contributed by atoms with Crippen LogP contribution < -0.4 is 0 Å². The molecule has 0 aliphatic carbocycles. The van der Waals surface area contributed by atoms with Crippen molar-refractivity contribution in [3.63, 3.8) is 0 Å². The molecule has 0 bridgehead atoms. The van der Waals surface area contributed by atoms with Gasteiger partial charge >= 0.3 is 0 Å². The van der Waals surface area contributed by atoms with Crippen LogP contribution in [0.2, 0.25) is 0 Å². The third kappa shape index (κ3) is 4.32. The second-order valence-corrected chi connectivity index (χ2v) is 11.1. The maximum Gasteiger partial charge on any atom is 0.191 e. The quantitative estimate of drug-likeness (QED) is 0.548. The summed E-state index contributed by atoms with van der Waals surface area (Å²) in [5, 5.41) is 9.04. The molecule has 1 aliphatic rings. The SMILES string of the molecule is Cc1cc(C(=O)CSc2nnc(C[C@H]3CCS(=O)(=O)C3)n2C)c(C)s1. The normalized spacial score (nSPS) is 19.4. The van der Waals surface area contributed by atoms with Crippen LogP contribution >= 0.6 is 23.1 Å². The lowest BCUT2D eigenvalue weighted by Gasteiger charge is -2.07. The average Bonchev–Trinajstić information content (AvgIpc) is 3.16. The van der Waals surface area contributed by atoms with E-state index in [1.807, 2.05) is 31.5 Å². The molecule has 2 aromatic rings. The minimum Gasteiger partial charge on any atom is -0.309 e. The van der Waals surface area contributed by atoms with E-state index in [2.05, 4.69) is 10.2 Å². The van der Waals surface area contributed by atoms with Crippen molar-refractivity contribution in [3.8, 4) is 0 Å². The number of rotatable bonds is 6. The zero-order valence-corrected chi connectivity index (χ0v) is 16.9. The van der Waals surface area contributed by atoms with Crippen LogP contribution in [0.4, 0.5) is 0 Å². The monoisotopic (exact) mass is 399 g/mol. The van der Waals surface area contributed by atoms with E-state index in [9.17, 15) is 13.2 Å². The number of hydrogen-bond donors (Lipinski definition) is 0. The van der Waals surface area contributed by atoms with Gasteiger partial charge in [0.2, 0.25) is 0 Å². The first kappa shape index (κ1) is 18.6. The van der Waals surface area contributed by atoms with Crippen LogP contribution in [-0.4, -0.2) is 46.2 Å². The highest BCUT2D eigenvalue weighted by Gasteiger charge is 2.29. The van der Waals surface area contributed by atoms with Crippen molar-refractivity contribution in [2.45, 2.75) is 31.8 Å². The van der Waals surface area contributed by atoms with Gasteiger partial charge in [0.15, 0.2) is 20.8 Å². The molecule has 0 aromatic carbocycles. The summed E-state index contributed by atoms with van der Waals surface area (Å²) in [7, 11) is -1.02. The fourth-order valence-electron chi connectivity index (χ4n) is 3.06. The molecule has 0 saturated carbocycles. The second-order valence-electron chi connectivity index (χ2n) is 6.47. The molecule has 9 heteroatoms. The standard InChI is InChI=1S/C16H21N3O3S3/c1-10-6-13(11(2)24-10)14(20)8-23-16-18-17-15(19(16)3)7-12-4-5-25(21,22)9-12/h6,12H,4-5,7-9H2,1-3H3/t12-/m1/s1.